The minimum atomic E-state index is 0.647. The first-order valence-corrected chi connectivity index (χ1v) is 6.26. The van der Waals surface area contributed by atoms with Crippen molar-refractivity contribution in [3.8, 4) is 11.4 Å². The zero-order valence-electron chi connectivity index (χ0n) is 9.38. The Balaban J connectivity index is 2.24. The molecule has 2 heterocycles. The predicted molar refractivity (Wildman–Crippen MR) is 73.7 cm³/mol. The van der Waals surface area contributed by atoms with E-state index < -0.39 is 0 Å². The van der Waals surface area contributed by atoms with E-state index in [4.69, 9.17) is 0 Å². The van der Waals surface area contributed by atoms with Gasteiger partial charge in [0, 0.05) is 21.8 Å². The van der Waals surface area contributed by atoms with Crippen LogP contribution >= 0.6 is 15.9 Å². The van der Waals surface area contributed by atoms with Gasteiger partial charge in [0.1, 0.15) is 5.82 Å². The van der Waals surface area contributed by atoms with Crippen LogP contribution in [0.5, 0.6) is 0 Å². The molecular weight excluding hydrogens is 292 g/mol. The first kappa shape index (κ1) is 11.2. The van der Waals surface area contributed by atoms with Crippen LogP contribution < -0.4 is 0 Å². The summed E-state index contributed by atoms with van der Waals surface area (Å²) in [4.78, 5) is 15.4. The van der Waals surface area contributed by atoms with E-state index in [0.29, 0.717) is 5.56 Å². The molecule has 3 nitrogen and oxygen atoms in total. The number of aromatic nitrogens is 2. The van der Waals surface area contributed by atoms with Crippen molar-refractivity contribution in [1.82, 2.24) is 9.38 Å². The summed E-state index contributed by atoms with van der Waals surface area (Å²) in [7, 11) is 0. The number of imidazole rings is 1. The van der Waals surface area contributed by atoms with Gasteiger partial charge in [-0.1, -0.05) is 28.1 Å². The van der Waals surface area contributed by atoms with E-state index in [2.05, 4.69) is 20.9 Å². The number of fused-ring (bicyclic) bond motifs is 1. The standard InChI is InChI=1S/C14H9BrN2O/c15-12-5-3-10(4-6-12)14-16-8-13-11(9-18)2-1-7-17(13)14/h1-9H. The number of carbonyl (C=O) groups excluding carboxylic acids is 1. The highest BCUT2D eigenvalue weighted by Crippen LogP contribution is 2.22. The van der Waals surface area contributed by atoms with Gasteiger partial charge in [0.15, 0.2) is 6.29 Å². The number of aldehydes is 1. The Kier molecular flexibility index (Phi) is 2.72. The summed E-state index contributed by atoms with van der Waals surface area (Å²) in [5, 5.41) is 0. The summed E-state index contributed by atoms with van der Waals surface area (Å²) < 4.78 is 2.95. The Morgan fingerprint density at radius 1 is 1.17 bits per heavy atom. The fourth-order valence-corrected chi connectivity index (χ4v) is 2.22. The number of pyridine rings is 1. The molecule has 2 aromatic heterocycles. The second kappa shape index (κ2) is 4.38. The van der Waals surface area contributed by atoms with Crippen LogP contribution in [0.25, 0.3) is 16.9 Å². The highest BCUT2D eigenvalue weighted by molar-refractivity contribution is 9.10. The fraction of sp³-hybridized carbons (Fsp3) is 0. The summed E-state index contributed by atoms with van der Waals surface area (Å²) in [5.41, 5.74) is 2.49. The molecule has 0 bridgehead atoms. The zero-order valence-corrected chi connectivity index (χ0v) is 11.0. The molecule has 1 aromatic carbocycles. The first-order chi connectivity index (χ1) is 8.79. The number of halogens is 1. The number of benzene rings is 1. The van der Waals surface area contributed by atoms with Crippen molar-refractivity contribution in [2.24, 2.45) is 0 Å². The molecular formula is C14H9BrN2O. The van der Waals surface area contributed by atoms with Crippen LogP contribution in [0.15, 0.2) is 53.3 Å². The van der Waals surface area contributed by atoms with Crippen LogP contribution in [-0.4, -0.2) is 15.7 Å². The molecule has 88 valence electrons. The summed E-state index contributed by atoms with van der Waals surface area (Å²) >= 11 is 3.41. The van der Waals surface area contributed by atoms with Gasteiger partial charge in [0.05, 0.1) is 11.7 Å². The van der Waals surface area contributed by atoms with E-state index in [0.717, 1.165) is 27.7 Å². The Morgan fingerprint density at radius 2 is 1.94 bits per heavy atom. The van der Waals surface area contributed by atoms with Gasteiger partial charge in [0.2, 0.25) is 0 Å². The maximum Gasteiger partial charge on any atom is 0.152 e. The third-order valence-corrected chi connectivity index (χ3v) is 3.36. The molecule has 4 heteroatoms. The smallest absolute Gasteiger partial charge is 0.152 e. The Bertz CT molecular complexity index is 716. The molecule has 0 N–H and O–H groups in total. The maximum atomic E-state index is 11.0. The third kappa shape index (κ3) is 1.75. The van der Waals surface area contributed by atoms with E-state index in [1.807, 2.05) is 40.9 Å². The molecule has 0 saturated heterocycles. The van der Waals surface area contributed by atoms with Crippen molar-refractivity contribution in [2.45, 2.75) is 0 Å². The minimum absolute atomic E-state index is 0.647. The van der Waals surface area contributed by atoms with Crippen molar-refractivity contribution < 1.29 is 4.79 Å². The number of rotatable bonds is 2. The van der Waals surface area contributed by atoms with Gasteiger partial charge < -0.3 is 0 Å². The third-order valence-electron chi connectivity index (χ3n) is 2.83. The van der Waals surface area contributed by atoms with Crippen molar-refractivity contribution in [2.75, 3.05) is 0 Å². The van der Waals surface area contributed by atoms with Crippen LogP contribution in [0.3, 0.4) is 0 Å². The average molecular weight is 301 g/mol. The molecule has 0 saturated carbocycles. The molecule has 0 aliphatic carbocycles. The van der Waals surface area contributed by atoms with Gasteiger partial charge in [-0.05, 0) is 24.3 Å². The second-order valence-electron chi connectivity index (χ2n) is 3.93. The first-order valence-electron chi connectivity index (χ1n) is 5.47. The highest BCUT2D eigenvalue weighted by Gasteiger charge is 2.08. The molecule has 0 atom stereocenters. The van der Waals surface area contributed by atoms with Crippen molar-refractivity contribution in [3.05, 3.63) is 58.8 Å². The Morgan fingerprint density at radius 3 is 2.67 bits per heavy atom. The summed E-state index contributed by atoms with van der Waals surface area (Å²) in [5.74, 6) is 0.834. The van der Waals surface area contributed by atoms with Gasteiger partial charge in [-0.3, -0.25) is 9.20 Å². The lowest BCUT2D eigenvalue weighted by Gasteiger charge is -2.02. The van der Waals surface area contributed by atoms with Crippen LogP contribution in [0.4, 0.5) is 0 Å². The molecule has 18 heavy (non-hydrogen) atoms. The largest absolute Gasteiger partial charge is 0.299 e. The maximum absolute atomic E-state index is 11.0. The normalized spacial score (nSPS) is 10.7. The minimum Gasteiger partial charge on any atom is -0.299 e. The Labute approximate surface area is 112 Å². The predicted octanol–water partition coefficient (Wildman–Crippen LogP) is 3.58. The number of hydrogen-bond acceptors (Lipinski definition) is 2. The number of hydrogen-bond donors (Lipinski definition) is 0. The lowest BCUT2D eigenvalue weighted by Crippen LogP contribution is -1.91. The van der Waals surface area contributed by atoms with E-state index in [1.54, 1.807) is 12.3 Å². The van der Waals surface area contributed by atoms with E-state index in [1.165, 1.54) is 0 Å². The van der Waals surface area contributed by atoms with E-state index >= 15 is 0 Å². The van der Waals surface area contributed by atoms with Gasteiger partial charge >= 0.3 is 0 Å². The monoisotopic (exact) mass is 300 g/mol. The molecule has 3 rings (SSSR count). The quantitative estimate of drug-likeness (QED) is 0.678. The topological polar surface area (TPSA) is 34.4 Å². The lowest BCUT2D eigenvalue weighted by molar-refractivity contribution is 0.112. The van der Waals surface area contributed by atoms with E-state index in [-0.39, 0.29) is 0 Å². The summed E-state index contributed by atoms with van der Waals surface area (Å²) in [6.07, 6.45) is 4.48. The molecule has 0 amide bonds. The van der Waals surface area contributed by atoms with Crippen molar-refractivity contribution in [1.29, 1.82) is 0 Å². The van der Waals surface area contributed by atoms with Gasteiger partial charge in [-0.2, -0.15) is 0 Å². The van der Waals surface area contributed by atoms with Gasteiger partial charge in [-0.25, -0.2) is 4.98 Å². The molecule has 0 unspecified atom stereocenters. The van der Waals surface area contributed by atoms with Crippen LogP contribution in [0.1, 0.15) is 10.4 Å². The lowest BCUT2D eigenvalue weighted by atomic mass is 10.2. The van der Waals surface area contributed by atoms with Crippen molar-refractivity contribution in [3.63, 3.8) is 0 Å². The van der Waals surface area contributed by atoms with Crippen LogP contribution in [0, 0.1) is 0 Å². The zero-order chi connectivity index (χ0) is 12.5. The van der Waals surface area contributed by atoms with Crippen molar-refractivity contribution >= 4 is 27.7 Å². The second-order valence-corrected chi connectivity index (χ2v) is 4.84. The van der Waals surface area contributed by atoms with Gasteiger partial charge in [0.25, 0.3) is 0 Å². The molecule has 0 aliphatic rings. The van der Waals surface area contributed by atoms with E-state index in [9.17, 15) is 4.79 Å². The SMILES string of the molecule is O=Cc1cccn2c(-c3ccc(Br)cc3)ncc12. The molecule has 0 fully saturated rings. The Hall–Kier alpha value is -1.94. The molecule has 3 aromatic rings. The van der Waals surface area contributed by atoms with Crippen LogP contribution in [0.2, 0.25) is 0 Å². The molecule has 0 radical (unpaired) electrons. The number of nitrogens with zero attached hydrogens (tertiary/aromatic N) is 2. The number of carbonyl (C=O) groups is 1. The van der Waals surface area contributed by atoms with Crippen LogP contribution in [-0.2, 0) is 0 Å². The summed E-state index contributed by atoms with van der Waals surface area (Å²) in [6, 6.07) is 11.6. The van der Waals surface area contributed by atoms with Gasteiger partial charge in [-0.15, -0.1) is 0 Å². The highest BCUT2D eigenvalue weighted by atomic mass is 79.9. The fourth-order valence-electron chi connectivity index (χ4n) is 1.96. The average Bonchev–Trinajstić information content (AvgIpc) is 2.83. The molecule has 0 aliphatic heterocycles. The molecule has 0 spiro atoms. The summed E-state index contributed by atoms with van der Waals surface area (Å²) in [6.45, 7) is 0.